The van der Waals surface area contributed by atoms with Gasteiger partial charge in [0.05, 0.1) is 25.2 Å². The van der Waals surface area contributed by atoms with Gasteiger partial charge in [0.2, 0.25) is 0 Å². The summed E-state index contributed by atoms with van der Waals surface area (Å²) in [5.41, 5.74) is 2.09. The predicted octanol–water partition coefficient (Wildman–Crippen LogP) is 5.04. The zero-order valence-electron chi connectivity index (χ0n) is 17.4. The van der Waals surface area contributed by atoms with E-state index in [-0.39, 0.29) is 16.6 Å². The van der Waals surface area contributed by atoms with Gasteiger partial charge in [0, 0.05) is 35.0 Å². The second kappa shape index (κ2) is 8.36. The lowest BCUT2D eigenvalue weighted by molar-refractivity contribution is 0.102. The molecule has 0 fully saturated rings. The number of rotatable bonds is 5. The van der Waals surface area contributed by atoms with Crippen LogP contribution in [0.15, 0.2) is 75.9 Å². The fourth-order valence-corrected chi connectivity index (χ4v) is 3.43. The predicted molar refractivity (Wildman–Crippen MR) is 120 cm³/mol. The molecule has 6 heteroatoms. The zero-order chi connectivity index (χ0) is 22.0. The highest BCUT2D eigenvalue weighted by molar-refractivity contribution is 6.11. The Labute approximate surface area is 179 Å². The Morgan fingerprint density at radius 2 is 1.58 bits per heavy atom. The Hall–Kier alpha value is -4.06. The standard InChI is InChI=1S/C25H21NO5/c1-15-22(27)20-10-7-11-21(24(20)31-23(15)16-8-5-4-6-9-16)25(28)26-17-12-18(29-2)14-19(13-17)30-3/h4-14H,1-3H3,(H,26,28). The molecule has 0 aliphatic carbocycles. The van der Waals surface area contributed by atoms with E-state index in [9.17, 15) is 9.59 Å². The molecule has 0 spiro atoms. The highest BCUT2D eigenvalue weighted by Crippen LogP contribution is 2.29. The number of anilines is 1. The Morgan fingerprint density at radius 3 is 2.23 bits per heavy atom. The number of carbonyl (C=O) groups excluding carboxylic acids is 1. The molecule has 3 aromatic carbocycles. The topological polar surface area (TPSA) is 77.8 Å². The van der Waals surface area contributed by atoms with Gasteiger partial charge in [-0.1, -0.05) is 36.4 Å². The third-order valence-electron chi connectivity index (χ3n) is 5.03. The first-order valence-electron chi connectivity index (χ1n) is 9.68. The van der Waals surface area contributed by atoms with Gasteiger partial charge < -0.3 is 19.2 Å². The first-order valence-corrected chi connectivity index (χ1v) is 9.68. The SMILES string of the molecule is COc1cc(NC(=O)c2cccc3c(=O)c(C)c(-c4ccccc4)oc23)cc(OC)c1. The van der Waals surface area contributed by atoms with Crippen molar-refractivity contribution < 1.29 is 18.7 Å². The van der Waals surface area contributed by atoms with Crippen LogP contribution in [0.3, 0.4) is 0 Å². The Balaban J connectivity index is 1.82. The first-order chi connectivity index (χ1) is 15.0. The molecule has 0 saturated carbocycles. The van der Waals surface area contributed by atoms with Crippen LogP contribution in [-0.4, -0.2) is 20.1 Å². The van der Waals surface area contributed by atoms with Crippen molar-refractivity contribution in [3.05, 3.63) is 88.1 Å². The lowest BCUT2D eigenvalue weighted by Gasteiger charge is -2.12. The molecule has 1 amide bonds. The Morgan fingerprint density at radius 1 is 0.903 bits per heavy atom. The van der Waals surface area contributed by atoms with Crippen LogP contribution >= 0.6 is 0 Å². The molecule has 0 saturated heterocycles. The van der Waals surface area contributed by atoms with Crippen LogP contribution in [0.1, 0.15) is 15.9 Å². The molecule has 156 valence electrons. The minimum absolute atomic E-state index is 0.169. The fourth-order valence-electron chi connectivity index (χ4n) is 3.43. The normalized spacial score (nSPS) is 10.7. The van der Waals surface area contributed by atoms with E-state index in [1.54, 1.807) is 43.3 Å². The van der Waals surface area contributed by atoms with Crippen molar-refractivity contribution in [2.75, 3.05) is 19.5 Å². The summed E-state index contributed by atoms with van der Waals surface area (Å²) in [6.07, 6.45) is 0. The second-order valence-electron chi connectivity index (χ2n) is 6.99. The summed E-state index contributed by atoms with van der Waals surface area (Å²) in [4.78, 5) is 26.1. The number of carbonyl (C=O) groups is 1. The quantitative estimate of drug-likeness (QED) is 0.494. The zero-order valence-corrected chi connectivity index (χ0v) is 17.4. The molecule has 1 heterocycles. The van der Waals surface area contributed by atoms with Crippen molar-refractivity contribution in [2.24, 2.45) is 0 Å². The van der Waals surface area contributed by atoms with E-state index in [1.807, 2.05) is 30.3 Å². The summed E-state index contributed by atoms with van der Waals surface area (Å²) in [6, 6.07) is 19.4. The summed E-state index contributed by atoms with van der Waals surface area (Å²) >= 11 is 0. The monoisotopic (exact) mass is 415 g/mol. The van der Waals surface area contributed by atoms with Crippen LogP contribution in [-0.2, 0) is 0 Å². The number of methoxy groups -OCH3 is 2. The van der Waals surface area contributed by atoms with Crippen LogP contribution in [0.2, 0.25) is 0 Å². The lowest BCUT2D eigenvalue weighted by atomic mass is 10.0. The number of nitrogens with one attached hydrogen (secondary N) is 1. The van der Waals surface area contributed by atoms with Crippen LogP contribution in [0.5, 0.6) is 11.5 Å². The second-order valence-corrected chi connectivity index (χ2v) is 6.99. The van der Waals surface area contributed by atoms with E-state index in [1.165, 1.54) is 14.2 Å². The molecule has 0 unspecified atom stereocenters. The highest BCUT2D eigenvalue weighted by Gasteiger charge is 2.19. The Kier molecular flexibility index (Phi) is 5.45. The van der Waals surface area contributed by atoms with Crippen molar-refractivity contribution in [3.8, 4) is 22.8 Å². The van der Waals surface area contributed by atoms with Gasteiger partial charge in [0.25, 0.3) is 5.91 Å². The number of ether oxygens (including phenoxy) is 2. The molecular formula is C25H21NO5. The van der Waals surface area contributed by atoms with Crippen LogP contribution < -0.4 is 20.2 Å². The first kappa shape index (κ1) is 20.2. The van der Waals surface area contributed by atoms with Gasteiger partial charge in [-0.25, -0.2) is 0 Å². The van der Waals surface area contributed by atoms with Gasteiger partial charge in [-0.3, -0.25) is 9.59 Å². The van der Waals surface area contributed by atoms with E-state index in [0.29, 0.717) is 33.9 Å². The third kappa shape index (κ3) is 3.88. The highest BCUT2D eigenvalue weighted by atomic mass is 16.5. The average molecular weight is 415 g/mol. The molecule has 0 radical (unpaired) electrons. The number of para-hydroxylation sites is 1. The van der Waals surface area contributed by atoms with Crippen LogP contribution in [0.4, 0.5) is 5.69 Å². The van der Waals surface area contributed by atoms with Crippen LogP contribution in [0.25, 0.3) is 22.3 Å². The Bertz CT molecular complexity index is 1300. The van der Waals surface area contributed by atoms with Crippen molar-refractivity contribution in [2.45, 2.75) is 6.92 Å². The smallest absolute Gasteiger partial charge is 0.259 e. The molecule has 31 heavy (non-hydrogen) atoms. The molecule has 4 aromatic rings. The molecule has 0 bridgehead atoms. The van der Waals surface area contributed by atoms with Crippen molar-refractivity contribution in [1.82, 2.24) is 0 Å². The van der Waals surface area contributed by atoms with Gasteiger partial charge in [-0.05, 0) is 19.1 Å². The van der Waals surface area contributed by atoms with E-state index < -0.39 is 5.91 Å². The summed E-state index contributed by atoms with van der Waals surface area (Å²) in [5, 5.41) is 3.19. The number of fused-ring (bicyclic) bond motifs is 1. The summed E-state index contributed by atoms with van der Waals surface area (Å²) in [5.74, 6) is 1.12. The molecule has 0 aliphatic heterocycles. The molecule has 6 nitrogen and oxygen atoms in total. The van der Waals surface area contributed by atoms with E-state index in [4.69, 9.17) is 13.9 Å². The number of amides is 1. The van der Waals surface area contributed by atoms with Crippen molar-refractivity contribution in [1.29, 1.82) is 0 Å². The van der Waals surface area contributed by atoms with Gasteiger partial charge in [0.15, 0.2) is 11.0 Å². The average Bonchev–Trinajstić information content (AvgIpc) is 2.81. The van der Waals surface area contributed by atoms with Gasteiger partial charge in [-0.2, -0.15) is 0 Å². The number of hydrogen-bond donors (Lipinski definition) is 1. The van der Waals surface area contributed by atoms with Gasteiger partial charge >= 0.3 is 0 Å². The summed E-state index contributed by atoms with van der Waals surface area (Å²) < 4.78 is 16.6. The molecule has 1 aromatic heterocycles. The molecular weight excluding hydrogens is 394 g/mol. The maximum absolute atomic E-state index is 13.1. The van der Waals surface area contributed by atoms with Crippen molar-refractivity contribution in [3.63, 3.8) is 0 Å². The molecule has 1 N–H and O–H groups in total. The maximum Gasteiger partial charge on any atom is 0.259 e. The molecule has 4 rings (SSSR count). The molecule has 0 atom stereocenters. The summed E-state index contributed by atoms with van der Waals surface area (Å²) in [7, 11) is 3.07. The van der Waals surface area contributed by atoms with Gasteiger partial charge in [0.1, 0.15) is 17.3 Å². The van der Waals surface area contributed by atoms with Crippen LogP contribution in [0, 0.1) is 6.92 Å². The van der Waals surface area contributed by atoms with Crippen molar-refractivity contribution >= 4 is 22.6 Å². The third-order valence-corrected chi connectivity index (χ3v) is 5.03. The minimum atomic E-state index is -0.410. The summed E-state index contributed by atoms with van der Waals surface area (Å²) in [6.45, 7) is 1.73. The lowest BCUT2D eigenvalue weighted by Crippen LogP contribution is -2.15. The van der Waals surface area contributed by atoms with E-state index in [0.717, 1.165) is 5.56 Å². The fraction of sp³-hybridized carbons (Fsp3) is 0.120. The van der Waals surface area contributed by atoms with E-state index >= 15 is 0 Å². The minimum Gasteiger partial charge on any atom is -0.497 e. The number of hydrogen-bond acceptors (Lipinski definition) is 5. The number of benzene rings is 3. The largest absolute Gasteiger partial charge is 0.497 e. The van der Waals surface area contributed by atoms with E-state index in [2.05, 4.69) is 5.32 Å². The van der Waals surface area contributed by atoms with Gasteiger partial charge in [-0.15, -0.1) is 0 Å². The maximum atomic E-state index is 13.1. The molecule has 0 aliphatic rings.